The first kappa shape index (κ1) is 15.2. The van der Waals surface area contributed by atoms with E-state index < -0.39 is 0 Å². The van der Waals surface area contributed by atoms with E-state index in [0.29, 0.717) is 19.8 Å². The summed E-state index contributed by atoms with van der Waals surface area (Å²) in [6.45, 7) is 5.81. The topological polar surface area (TPSA) is 54.3 Å². The highest BCUT2D eigenvalue weighted by Gasteiger charge is 2.07. The Bertz CT molecular complexity index is 631. The van der Waals surface area contributed by atoms with Gasteiger partial charge in [-0.25, -0.2) is 0 Å². The van der Waals surface area contributed by atoms with Crippen LogP contribution in [0.1, 0.15) is 23.6 Å². The molecule has 0 saturated heterocycles. The van der Waals surface area contributed by atoms with Gasteiger partial charge in [-0.15, -0.1) is 11.3 Å². The van der Waals surface area contributed by atoms with E-state index >= 15 is 0 Å². The summed E-state index contributed by atoms with van der Waals surface area (Å²) in [4.78, 5) is 1.83. The van der Waals surface area contributed by atoms with E-state index in [4.69, 9.17) is 14.7 Å². The van der Waals surface area contributed by atoms with Gasteiger partial charge in [-0.3, -0.25) is 0 Å². The van der Waals surface area contributed by atoms with Gasteiger partial charge >= 0.3 is 0 Å². The van der Waals surface area contributed by atoms with Gasteiger partial charge in [-0.05, 0) is 38.1 Å². The minimum Gasteiger partial charge on any atom is -0.494 e. The summed E-state index contributed by atoms with van der Waals surface area (Å²) in [7, 11) is 0. The number of hydrogen-bond acceptors (Lipinski definition) is 5. The van der Waals surface area contributed by atoms with Crippen LogP contribution >= 0.6 is 11.3 Å². The van der Waals surface area contributed by atoms with Crippen molar-refractivity contribution >= 4 is 17.0 Å². The fourth-order valence-corrected chi connectivity index (χ4v) is 2.65. The van der Waals surface area contributed by atoms with Crippen molar-refractivity contribution in [2.24, 2.45) is 0 Å². The molecule has 0 radical (unpaired) electrons. The summed E-state index contributed by atoms with van der Waals surface area (Å²) >= 11 is 1.49. The molecule has 2 rings (SSSR count). The Hall–Kier alpha value is -2.19. The molecular weight excluding hydrogens is 284 g/mol. The number of hydrogen-bond donors (Lipinski definition) is 1. The van der Waals surface area contributed by atoms with Gasteiger partial charge < -0.3 is 14.8 Å². The van der Waals surface area contributed by atoms with Crippen LogP contribution in [0.3, 0.4) is 0 Å². The van der Waals surface area contributed by atoms with Crippen LogP contribution < -0.4 is 14.8 Å². The van der Waals surface area contributed by atoms with Crippen LogP contribution in [0.2, 0.25) is 0 Å². The predicted molar refractivity (Wildman–Crippen MR) is 85.1 cm³/mol. The number of nitriles is 1. The molecule has 1 heterocycles. The third kappa shape index (κ3) is 4.14. The number of thiophene rings is 1. The molecular formula is C16H18N2O2S. The average Bonchev–Trinajstić information content (AvgIpc) is 2.96. The molecule has 0 aliphatic rings. The monoisotopic (exact) mass is 302 g/mol. The van der Waals surface area contributed by atoms with Gasteiger partial charge in [0.05, 0.1) is 18.9 Å². The first-order chi connectivity index (χ1) is 10.3. The van der Waals surface area contributed by atoms with Gasteiger partial charge in [-0.2, -0.15) is 5.26 Å². The van der Waals surface area contributed by atoms with E-state index in [1.54, 1.807) is 0 Å². The predicted octanol–water partition coefficient (Wildman–Crippen LogP) is 4.03. The molecule has 0 unspecified atom stereocenters. The maximum atomic E-state index is 8.85. The zero-order valence-corrected chi connectivity index (χ0v) is 13.0. The smallest absolute Gasteiger partial charge is 0.142 e. The van der Waals surface area contributed by atoms with Gasteiger partial charge in [0.15, 0.2) is 0 Å². The second-order valence-corrected chi connectivity index (χ2v) is 5.42. The molecule has 0 aliphatic heterocycles. The zero-order chi connectivity index (χ0) is 15.1. The van der Waals surface area contributed by atoms with Gasteiger partial charge in [0.2, 0.25) is 0 Å². The molecule has 5 heteroatoms. The highest BCUT2D eigenvalue weighted by atomic mass is 32.1. The standard InChI is InChI=1S/C16H18N2O2S/c1-3-19-12-5-8-16(20-4-2)15(9-12)18-11-14-7-6-13(10-17)21-14/h5-9,18H,3-4,11H2,1-2H3. The van der Waals surface area contributed by atoms with E-state index in [1.807, 2.05) is 44.2 Å². The minimum atomic E-state index is 0.611. The lowest BCUT2D eigenvalue weighted by Crippen LogP contribution is -2.02. The summed E-state index contributed by atoms with van der Waals surface area (Å²) in [6.07, 6.45) is 0. The van der Waals surface area contributed by atoms with Crippen LogP contribution in [-0.4, -0.2) is 13.2 Å². The Labute approximate surface area is 128 Å². The first-order valence-corrected chi connectivity index (χ1v) is 7.70. The molecule has 1 aromatic heterocycles. The van der Waals surface area contributed by atoms with Gasteiger partial charge in [0, 0.05) is 17.5 Å². The van der Waals surface area contributed by atoms with Gasteiger partial charge in [-0.1, -0.05) is 0 Å². The molecule has 110 valence electrons. The van der Waals surface area contributed by atoms with Crippen LogP contribution in [0.4, 0.5) is 5.69 Å². The number of nitrogens with one attached hydrogen (secondary N) is 1. The maximum Gasteiger partial charge on any atom is 0.142 e. The van der Waals surface area contributed by atoms with Crippen LogP contribution in [0, 0.1) is 11.3 Å². The van der Waals surface area contributed by atoms with Gasteiger partial charge in [0.1, 0.15) is 22.4 Å². The van der Waals surface area contributed by atoms with Crippen LogP contribution in [-0.2, 0) is 6.54 Å². The fourth-order valence-electron chi connectivity index (χ4n) is 1.90. The van der Waals surface area contributed by atoms with E-state index in [-0.39, 0.29) is 0 Å². The van der Waals surface area contributed by atoms with Crippen molar-refractivity contribution in [3.63, 3.8) is 0 Å². The van der Waals surface area contributed by atoms with Crippen molar-refractivity contribution in [3.05, 3.63) is 40.1 Å². The van der Waals surface area contributed by atoms with Crippen LogP contribution in [0.25, 0.3) is 0 Å². The molecule has 1 aromatic carbocycles. The summed E-state index contributed by atoms with van der Waals surface area (Å²) in [5, 5.41) is 12.2. The molecule has 0 spiro atoms. The van der Waals surface area contributed by atoms with E-state index in [1.165, 1.54) is 11.3 Å². The van der Waals surface area contributed by atoms with Crippen molar-refractivity contribution < 1.29 is 9.47 Å². The lowest BCUT2D eigenvalue weighted by molar-refractivity contribution is 0.332. The quantitative estimate of drug-likeness (QED) is 0.839. The van der Waals surface area contributed by atoms with Crippen molar-refractivity contribution in [1.82, 2.24) is 0 Å². The van der Waals surface area contributed by atoms with Crippen LogP contribution in [0.5, 0.6) is 11.5 Å². The lowest BCUT2D eigenvalue weighted by atomic mass is 10.2. The Morgan fingerprint density at radius 3 is 2.62 bits per heavy atom. The Morgan fingerprint density at radius 2 is 1.95 bits per heavy atom. The summed E-state index contributed by atoms with van der Waals surface area (Å²) in [5.41, 5.74) is 0.898. The molecule has 2 aromatic rings. The fraction of sp³-hybridized carbons (Fsp3) is 0.312. The largest absolute Gasteiger partial charge is 0.494 e. The zero-order valence-electron chi connectivity index (χ0n) is 12.2. The minimum absolute atomic E-state index is 0.611. The molecule has 21 heavy (non-hydrogen) atoms. The van der Waals surface area contributed by atoms with Crippen molar-refractivity contribution in [3.8, 4) is 17.6 Å². The van der Waals surface area contributed by atoms with Crippen molar-refractivity contribution in [1.29, 1.82) is 5.26 Å². The van der Waals surface area contributed by atoms with Crippen LogP contribution in [0.15, 0.2) is 30.3 Å². The molecule has 0 saturated carbocycles. The van der Waals surface area contributed by atoms with Gasteiger partial charge in [0.25, 0.3) is 0 Å². The summed E-state index contributed by atoms with van der Waals surface area (Å²) in [5.74, 6) is 1.62. The highest BCUT2D eigenvalue weighted by molar-refractivity contribution is 7.12. The number of anilines is 1. The van der Waals surface area contributed by atoms with E-state index in [0.717, 1.165) is 26.9 Å². The SMILES string of the molecule is CCOc1ccc(OCC)c(NCc2ccc(C#N)s2)c1. The first-order valence-electron chi connectivity index (χ1n) is 6.89. The third-order valence-electron chi connectivity index (χ3n) is 2.79. The molecule has 0 fully saturated rings. The second-order valence-electron chi connectivity index (χ2n) is 4.26. The third-order valence-corrected chi connectivity index (χ3v) is 3.78. The molecule has 0 aliphatic carbocycles. The van der Waals surface area contributed by atoms with Crippen molar-refractivity contribution in [2.45, 2.75) is 20.4 Å². The number of rotatable bonds is 7. The second kappa shape index (κ2) is 7.55. The average molecular weight is 302 g/mol. The number of ether oxygens (including phenoxy) is 2. The Morgan fingerprint density at radius 1 is 1.14 bits per heavy atom. The lowest BCUT2D eigenvalue weighted by Gasteiger charge is -2.13. The maximum absolute atomic E-state index is 8.85. The summed E-state index contributed by atoms with van der Waals surface area (Å²) < 4.78 is 11.1. The molecule has 0 atom stereocenters. The Balaban J connectivity index is 2.12. The summed E-state index contributed by atoms with van der Waals surface area (Å²) in [6, 6.07) is 11.7. The highest BCUT2D eigenvalue weighted by Crippen LogP contribution is 2.30. The Kier molecular flexibility index (Phi) is 5.47. The van der Waals surface area contributed by atoms with Crippen molar-refractivity contribution in [2.75, 3.05) is 18.5 Å². The number of benzene rings is 1. The van der Waals surface area contributed by atoms with E-state index in [9.17, 15) is 0 Å². The molecule has 0 amide bonds. The van der Waals surface area contributed by atoms with E-state index in [2.05, 4.69) is 11.4 Å². The number of nitrogens with zero attached hydrogens (tertiary/aromatic N) is 1. The molecule has 4 nitrogen and oxygen atoms in total. The molecule has 1 N–H and O–H groups in total. The molecule has 0 bridgehead atoms. The normalized spacial score (nSPS) is 9.95.